The average molecular weight is 558 g/mol. The second-order valence-corrected chi connectivity index (χ2v) is 10.9. The van der Waals surface area contributed by atoms with Crippen molar-refractivity contribution in [2.24, 2.45) is 0 Å². The summed E-state index contributed by atoms with van der Waals surface area (Å²) in [5.41, 5.74) is 4.19. The molecule has 190 valence electrons. The molecule has 0 N–H and O–H groups in total. The average Bonchev–Trinajstić information content (AvgIpc) is 3.65. The first-order valence-corrected chi connectivity index (χ1v) is 14.5. The fourth-order valence-corrected chi connectivity index (χ4v) is 6.37. The Morgan fingerprint density at radius 2 is 1.66 bits per heavy atom. The van der Waals surface area contributed by atoms with E-state index in [0.717, 1.165) is 53.5 Å². The lowest BCUT2D eigenvalue weighted by Crippen LogP contribution is -2.21. The van der Waals surface area contributed by atoms with Crippen molar-refractivity contribution in [2.45, 2.75) is 30.5 Å². The summed E-state index contributed by atoms with van der Waals surface area (Å²) in [6, 6.07) is 19.9. The summed E-state index contributed by atoms with van der Waals surface area (Å²) in [5.74, 6) is 1.95. The summed E-state index contributed by atoms with van der Waals surface area (Å²) in [4.78, 5) is 11.8. The first-order chi connectivity index (χ1) is 18.6. The SMILES string of the molecule is CCOc1ccc(-c2c(C#N)c(SCc3csc(-c4ccc(Cl)cc4)n3)nc(N3CCCC3)c2C#N)cc1. The van der Waals surface area contributed by atoms with Gasteiger partial charge in [0.25, 0.3) is 0 Å². The third kappa shape index (κ3) is 5.49. The van der Waals surface area contributed by atoms with Crippen LogP contribution in [0.25, 0.3) is 21.7 Å². The molecule has 0 spiro atoms. The zero-order valence-electron chi connectivity index (χ0n) is 20.8. The number of anilines is 1. The maximum absolute atomic E-state index is 10.3. The molecule has 0 atom stereocenters. The molecule has 0 amide bonds. The van der Waals surface area contributed by atoms with Crippen molar-refractivity contribution >= 4 is 40.5 Å². The largest absolute Gasteiger partial charge is 0.494 e. The van der Waals surface area contributed by atoms with Gasteiger partial charge in [-0.25, -0.2) is 9.97 Å². The maximum atomic E-state index is 10.3. The van der Waals surface area contributed by atoms with E-state index in [4.69, 9.17) is 26.3 Å². The van der Waals surface area contributed by atoms with Gasteiger partial charge in [-0.15, -0.1) is 11.3 Å². The van der Waals surface area contributed by atoms with E-state index in [0.29, 0.717) is 44.9 Å². The van der Waals surface area contributed by atoms with Crippen LogP contribution in [-0.2, 0) is 5.75 Å². The number of rotatable bonds is 8. The van der Waals surface area contributed by atoms with Crippen LogP contribution in [0.1, 0.15) is 36.6 Å². The standard InChI is InChI=1S/C29H24ClN5OS2/c1-2-36-23-11-7-19(8-12-23)26-24(15-31)27(35-13-3-4-14-35)34-29(25(26)16-32)38-18-22-17-37-28(33-22)20-5-9-21(30)10-6-20/h5-12,17H,2-4,13-14,18H2,1H3. The second kappa shape index (κ2) is 11.9. The van der Waals surface area contributed by atoms with Crippen LogP contribution < -0.4 is 9.64 Å². The predicted octanol–water partition coefficient (Wildman–Crippen LogP) is 7.56. The van der Waals surface area contributed by atoms with E-state index in [1.807, 2.05) is 60.8 Å². The summed E-state index contributed by atoms with van der Waals surface area (Å²) in [6.07, 6.45) is 2.11. The molecule has 2 aromatic heterocycles. The van der Waals surface area contributed by atoms with E-state index in [2.05, 4.69) is 17.0 Å². The highest BCUT2D eigenvalue weighted by molar-refractivity contribution is 7.98. The lowest BCUT2D eigenvalue weighted by atomic mass is 9.96. The van der Waals surface area contributed by atoms with E-state index in [1.165, 1.54) is 11.8 Å². The van der Waals surface area contributed by atoms with Gasteiger partial charge in [-0.1, -0.05) is 47.6 Å². The number of benzene rings is 2. The molecule has 3 heterocycles. The minimum atomic E-state index is 0.409. The lowest BCUT2D eigenvalue weighted by Gasteiger charge is -2.22. The fraction of sp³-hybridized carbons (Fsp3) is 0.241. The maximum Gasteiger partial charge on any atom is 0.148 e. The number of ether oxygens (including phenoxy) is 1. The quantitative estimate of drug-likeness (QED) is 0.207. The minimum Gasteiger partial charge on any atom is -0.494 e. The molecule has 1 saturated heterocycles. The van der Waals surface area contributed by atoms with Gasteiger partial charge in [-0.2, -0.15) is 10.5 Å². The Morgan fingerprint density at radius 3 is 2.32 bits per heavy atom. The van der Waals surface area contributed by atoms with Crippen LogP contribution in [-0.4, -0.2) is 29.7 Å². The van der Waals surface area contributed by atoms with Crippen LogP contribution in [0.15, 0.2) is 58.9 Å². The molecule has 2 aromatic carbocycles. The van der Waals surface area contributed by atoms with Crippen LogP contribution in [0.2, 0.25) is 5.02 Å². The van der Waals surface area contributed by atoms with Crippen molar-refractivity contribution in [3.8, 4) is 39.6 Å². The third-order valence-electron chi connectivity index (χ3n) is 6.23. The lowest BCUT2D eigenvalue weighted by molar-refractivity contribution is 0.340. The number of pyridine rings is 1. The molecule has 6 nitrogen and oxygen atoms in total. The fourth-order valence-electron chi connectivity index (χ4n) is 4.44. The zero-order valence-corrected chi connectivity index (χ0v) is 23.2. The Hall–Kier alpha value is -3.56. The van der Waals surface area contributed by atoms with Gasteiger partial charge in [0, 0.05) is 40.4 Å². The highest BCUT2D eigenvalue weighted by atomic mass is 35.5. The molecule has 4 aromatic rings. The molecule has 0 aliphatic carbocycles. The van der Waals surface area contributed by atoms with Gasteiger partial charge in [0.05, 0.1) is 17.9 Å². The molecule has 1 aliphatic rings. The van der Waals surface area contributed by atoms with Gasteiger partial charge in [0.2, 0.25) is 0 Å². The van der Waals surface area contributed by atoms with E-state index in [-0.39, 0.29) is 0 Å². The number of halogens is 1. The second-order valence-electron chi connectivity index (χ2n) is 8.68. The van der Waals surface area contributed by atoms with Crippen LogP contribution in [0.5, 0.6) is 5.75 Å². The Balaban J connectivity index is 1.52. The number of aromatic nitrogens is 2. The van der Waals surface area contributed by atoms with Gasteiger partial charge in [0.1, 0.15) is 39.3 Å². The first-order valence-electron chi connectivity index (χ1n) is 12.3. The van der Waals surface area contributed by atoms with Crippen molar-refractivity contribution in [3.05, 3.63) is 75.8 Å². The Labute approximate surface area is 235 Å². The van der Waals surface area contributed by atoms with E-state index >= 15 is 0 Å². The van der Waals surface area contributed by atoms with E-state index in [1.54, 1.807) is 11.3 Å². The molecule has 5 rings (SSSR count). The molecule has 0 saturated carbocycles. The number of nitriles is 2. The molecule has 0 unspecified atom stereocenters. The molecule has 9 heteroatoms. The van der Waals surface area contributed by atoms with Crippen molar-refractivity contribution < 1.29 is 4.74 Å². The van der Waals surface area contributed by atoms with Crippen molar-refractivity contribution in [1.29, 1.82) is 10.5 Å². The van der Waals surface area contributed by atoms with Crippen molar-refractivity contribution in [3.63, 3.8) is 0 Å². The monoisotopic (exact) mass is 557 g/mol. The zero-order chi connectivity index (χ0) is 26.5. The van der Waals surface area contributed by atoms with Gasteiger partial charge < -0.3 is 9.64 Å². The summed E-state index contributed by atoms with van der Waals surface area (Å²) in [6.45, 7) is 4.19. The third-order valence-corrected chi connectivity index (χ3v) is 8.43. The van der Waals surface area contributed by atoms with Gasteiger partial charge in [-0.3, -0.25) is 0 Å². The summed E-state index contributed by atoms with van der Waals surface area (Å²) in [5, 5.41) is 24.7. The number of nitrogens with zero attached hydrogens (tertiary/aromatic N) is 5. The molecule has 38 heavy (non-hydrogen) atoms. The van der Waals surface area contributed by atoms with Gasteiger partial charge >= 0.3 is 0 Å². The van der Waals surface area contributed by atoms with Crippen molar-refractivity contribution in [2.75, 3.05) is 24.6 Å². The Morgan fingerprint density at radius 1 is 0.974 bits per heavy atom. The van der Waals surface area contributed by atoms with Crippen LogP contribution in [0.4, 0.5) is 5.82 Å². The highest BCUT2D eigenvalue weighted by Gasteiger charge is 2.26. The van der Waals surface area contributed by atoms with Gasteiger partial charge in [-0.05, 0) is 49.6 Å². The molecular weight excluding hydrogens is 534 g/mol. The van der Waals surface area contributed by atoms with Crippen LogP contribution in [0.3, 0.4) is 0 Å². The van der Waals surface area contributed by atoms with Crippen molar-refractivity contribution in [1.82, 2.24) is 9.97 Å². The molecule has 1 aliphatic heterocycles. The smallest absolute Gasteiger partial charge is 0.148 e. The molecule has 1 fully saturated rings. The topological polar surface area (TPSA) is 85.8 Å². The number of thioether (sulfide) groups is 1. The van der Waals surface area contributed by atoms with Crippen LogP contribution in [0, 0.1) is 22.7 Å². The van der Waals surface area contributed by atoms with Crippen LogP contribution >= 0.6 is 34.7 Å². The summed E-state index contributed by atoms with van der Waals surface area (Å²) < 4.78 is 5.60. The summed E-state index contributed by atoms with van der Waals surface area (Å²) >= 11 is 9.08. The molecular formula is C29H24ClN5OS2. The number of thiazole rings is 1. The minimum absolute atomic E-state index is 0.409. The Bertz CT molecular complexity index is 1520. The predicted molar refractivity (Wildman–Crippen MR) is 154 cm³/mol. The number of hydrogen-bond acceptors (Lipinski definition) is 8. The first kappa shape index (κ1) is 26.1. The normalized spacial score (nSPS) is 12.8. The van der Waals surface area contributed by atoms with E-state index in [9.17, 15) is 10.5 Å². The highest BCUT2D eigenvalue weighted by Crippen LogP contribution is 2.40. The molecule has 0 bridgehead atoms. The number of hydrogen-bond donors (Lipinski definition) is 0. The van der Waals surface area contributed by atoms with E-state index < -0.39 is 0 Å². The molecule has 0 radical (unpaired) electrons. The Kier molecular flexibility index (Phi) is 8.14. The summed E-state index contributed by atoms with van der Waals surface area (Å²) in [7, 11) is 0. The van der Waals surface area contributed by atoms with Gasteiger partial charge in [0.15, 0.2) is 0 Å².